The Morgan fingerprint density at radius 1 is 1.17 bits per heavy atom. The number of piperidine rings is 1. The average molecular weight is 519 g/mol. The van der Waals surface area contributed by atoms with Gasteiger partial charge in [0.05, 0.1) is 54.2 Å². The highest BCUT2D eigenvalue weighted by Gasteiger charge is 2.32. The number of amides is 2. The normalized spacial score (nSPS) is 17.8. The van der Waals surface area contributed by atoms with Gasteiger partial charge in [0.25, 0.3) is 5.91 Å². The van der Waals surface area contributed by atoms with Gasteiger partial charge < -0.3 is 30.6 Å². The zero-order valence-corrected chi connectivity index (χ0v) is 21.3. The molecule has 0 bridgehead atoms. The first-order valence-electron chi connectivity index (χ1n) is 11.5. The van der Waals surface area contributed by atoms with E-state index >= 15 is 0 Å². The third-order valence-electron chi connectivity index (χ3n) is 5.87. The van der Waals surface area contributed by atoms with Crippen LogP contribution in [-0.2, 0) is 14.3 Å². The lowest BCUT2D eigenvalue weighted by atomic mass is 10.0. The molecule has 1 saturated heterocycles. The molecule has 194 valence electrons. The van der Waals surface area contributed by atoms with Gasteiger partial charge in [0, 0.05) is 32.0 Å². The van der Waals surface area contributed by atoms with Crippen LogP contribution in [0.25, 0.3) is 0 Å². The SMILES string of the molecule is CCOC(=O)c1ccc(NC(=O)CN2CC[C@@H](NC(=O)c3cc(Cl)c(N)cc3OC)[C@@H](OC)C2)cc1. The molecule has 0 radical (unpaired) electrons. The second-order valence-corrected chi connectivity index (χ2v) is 8.71. The van der Waals surface area contributed by atoms with Crippen LogP contribution in [0, 0.1) is 0 Å². The summed E-state index contributed by atoms with van der Waals surface area (Å²) < 4.78 is 15.9. The zero-order chi connectivity index (χ0) is 26.2. The molecule has 0 aromatic heterocycles. The number of rotatable bonds is 9. The van der Waals surface area contributed by atoms with Crippen molar-refractivity contribution in [2.24, 2.45) is 0 Å². The van der Waals surface area contributed by atoms with E-state index in [2.05, 4.69) is 10.6 Å². The minimum Gasteiger partial charge on any atom is -0.496 e. The number of ether oxygens (including phenoxy) is 3. The summed E-state index contributed by atoms with van der Waals surface area (Å²) in [7, 11) is 3.02. The predicted molar refractivity (Wildman–Crippen MR) is 137 cm³/mol. The molecule has 3 rings (SSSR count). The standard InChI is InChI=1S/C25H31ClN4O6/c1-4-36-25(33)15-5-7-16(8-6-15)28-23(31)14-30-10-9-20(22(13-30)35-3)29-24(32)17-11-18(26)19(27)12-21(17)34-2/h5-8,11-12,20,22H,4,9-10,13-14,27H2,1-3H3,(H,28,31)(H,29,32)/t20-,22+/m1/s1. The van der Waals surface area contributed by atoms with Gasteiger partial charge in [-0.2, -0.15) is 0 Å². The molecule has 0 saturated carbocycles. The lowest BCUT2D eigenvalue weighted by Crippen LogP contribution is -2.55. The summed E-state index contributed by atoms with van der Waals surface area (Å²) >= 11 is 6.10. The van der Waals surface area contributed by atoms with Crippen molar-refractivity contribution >= 4 is 40.8 Å². The van der Waals surface area contributed by atoms with Gasteiger partial charge in [0.1, 0.15) is 5.75 Å². The number of nitrogens with zero attached hydrogens (tertiary/aromatic N) is 1. The van der Waals surface area contributed by atoms with Crippen molar-refractivity contribution in [3.05, 3.63) is 52.5 Å². The third kappa shape index (κ3) is 6.87. The molecule has 4 N–H and O–H groups in total. The van der Waals surface area contributed by atoms with Crippen molar-refractivity contribution in [1.29, 1.82) is 0 Å². The number of esters is 1. The molecule has 1 aliphatic rings. The Labute approximate surface area is 215 Å². The fourth-order valence-corrected chi connectivity index (χ4v) is 4.16. The minimum atomic E-state index is -0.408. The van der Waals surface area contributed by atoms with E-state index < -0.39 is 5.97 Å². The number of nitrogens with two attached hydrogens (primary N) is 1. The van der Waals surface area contributed by atoms with Gasteiger partial charge in [-0.15, -0.1) is 0 Å². The molecule has 36 heavy (non-hydrogen) atoms. The number of likely N-dealkylation sites (tertiary alicyclic amines) is 1. The summed E-state index contributed by atoms with van der Waals surface area (Å²) in [6.45, 7) is 3.23. The highest BCUT2D eigenvalue weighted by atomic mass is 35.5. The second kappa shape index (κ2) is 12.6. The number of methoxy groups -OCH3 is 2. The van der Waals surface area contributed by atoms with Crippen molar-refractivity contribution in [1.82, 2.24) is 10.2 Å². The first-order chi connectivity index (χ1) is 17.2. The number of anilines is 2. The number of benzene rings is 2. The van der Waals surface area contributed by atoms with E-state index in [0.717, 1.165) is 0 Å². The van der Waals surface area contributed by atoms with Gasteiger partial charge in [-0.25, -0.2) is 4.79 Å². The molecule has 1 aliphatic heterocycles. The number of nitrogens with one attached hydrogen (secondary N) is 2. The van der Waals surface area contributed by atoms with Crippen LogP contribution in [0.15, 0.2) is 36.4 Å². The van der Waals surface area contributed by atoms with Crippen LogP contribution in [0.3, 0.4) is 0 Å². The van der Waals surface area contributed by atoms with Crippen molar-refractivity contribution in [3.63, 3.8) is 0 Å². The van der Waals surface area contributed by atoms with Crippen LogP contribution in [-0.4, -0.2) is 75.3 Å². The number of hydrogen-bond acceptors (Lipinski definition) is 8. The van der Waals surface area contributed by atoms with E-state index in [1.54, 1.807) is 38.3 Å². The van der Waals surface area contributed by atoms with Crippen LogP contribution in [0.2, 0.25) is 5.02 Å². The minimum absolute atomic E-state index is 0.154. The largest absolute Gasteiger partial charge is 0.496 e. The molecular weight excluding hydrogens is 488 g/mol. The Kier molecular flexibility index (Phi) is 9.51. The number of hydrogen-bond donors (Lipinski definition) is 3. The Morgan fingerprint density at radius 2 is 1.89 bits per heavy atom. The lowest BCUT2D eigenvalue weighted by molar-refractivity contribution is -0.118. The summed E-state index contributed by atoms with van der Waals surface area (Å²) in [6, 6.07) is 9.24. The quantitative estimate of drug-likeness (QED) is 0.341. The van der Waals surface area contributed by atoms with E-state index in [1.807, 2.05) is 4.90 Å². The first-order valence-corrected chi connectivity index (χ1v) is 11.9. The van der Waals surface area contributed by atoms with E-state index in [9.17, 15) is 14.4 Å². The number of carbonyl (C=O) groups is 3. The second-order valence-electron chi connectivity index (χ2n) is 8.30. The van der Waals surface area contributed by atoms with Gasteiger partial charge in [-0.1, -0.05) is 11.6 Å². The molecule has 0 spiro atoms. The maximum atomic E-state index is 12.9. The smallest absolute Gasteiger partial charge is 0.338 e. The fraction of sp³-hybridized carbons (Fsp3) is 0.400. The highest BCUT2D eigenvalue weighted by Crippen LogP contribution is 2.29. The van der Waals surface area contributed by atoms with Crippen LogP contribution in [0.1, 0.15) is 34.1 Å². The summed E-state index contributed by atoms with van der Waals surface area (Å²) in [5.41, 5.74) is 7.40. The molecule has 2 aromatic rings. The molecule has 2 atom stereocenters. The van der Waals surface area contributed by atoms with Crippen molar-refractivity contribution in [3.8, 4) is 5.75 Å². The van der Waals surface area contributed by atoms with Gasteiger partial charge in [0.15, 0.2) is 0 Å². The first kappa shape index (κ1) is 27.3. The number of carbonyl (C=O) groups excluding carboxylic acids is 3. The monoisotopic (exact) mass is 518 g/mol. The lowest BCUT2D eigenvalue weighted by Gasteiger charge is -2.37. The topological polar surface area (TPSA) is 132 Å². The van der Waals surface area contributed by atoms with Crippen molar-refractivity contribution in [2.45, 2.75) is 25.5 Å². The van der Waals surface area contributed by atoms with Gasteiger partial charge in [-0.3, -0.25) is 14.5 Å². The van der Waals surface area contributed by atoms with Gasteiger partial charge in [-0.05, 0) is 43.7 Å². The van der Waals surface area contributed by atoms with Crippen molar-refractivity contribution < 1.29 is 28.6 Å². The van der Waals surface area contributed by atoms with Crippen LogP contribution in [0.4, 0.5) is 11.4 Å². The molecule has 2 amide bonds. The van der Waals surface area contributed by atoms with Crippen LogP contribution in [0.5, 0.6) is 5.75 Å². The van der Waals surface area contributed by atoms with E-state index in [0.29, 0.717) is 48.8 Å². The Balaban J connectivity index is 1.55. The zero-order valence-electron chi connectivity index (χ0n) is 20.5. The summed E-state index contributed by atoms with van der Waals surface area (Å²) in [5, 5.41) is 6.08. The van der Waals surface area contributed by atoms with Gasteiger partial charge in [0.2, 0.25) is 5.91 Å². The summed E-state index contributed by atoms with van der Waals surface area (Å²) in [5.74, 6) is -0.627. The molecule has 2 aromatic carbocycles. The van der Waals surface area contributed by atoms with E-state index in [-0.39, 0.29) is 41.1 Å². The number of nitrogen functional groups attached to an aromatic ring is 1. The maximum absolute atomic E-state index is 12.9. The molecule has 1 heterocycles. The third-order valence-corrected chi connectivity index (χ3v) is 6.20. The van der Waals surface area contributed by atoms with Gasteiger partial charge >= 0.3 is 5.97 Å². The predicted octanol–water partition coefficient (Wildman–Crippen LogP) is 2.57. The molecule has 10 nitrogen and oxygen atoms in total. The summed E-state index contributed by atoms with van der Waals surface area (Å²) in [6.07, 6.45) is 0.256. The maximum Gasteiger partial charge on any atom is 0.338 e. The molecular formula is C25H31ClN4O6. The molecule has 11 heteroatoms. The van der Waals surface area contributed by atoms with E-state index in [4.69, 9.17) is 31.5 Å². The average Bonchev–Trinajstić information content (AvgIpc) is 2.86. The van der Waals surface area contributed by atoms with Crippen molar-refractivity contribution in [2.75, 3.05) is 51.5 Å². The molecule has 0 aliphatic carbocycles. The van der Waals surface area contributed by atoms with Crippen LogP contribution >= 0.6 is 11.6 Å². The summed E-state index contributed by atoms with van der Waals surface area (Å²) in [4.78, 5) is 39.2. The Morgan fingerprint density at radius 3 is 2.53 bits per heavy atom. The van der Waals surface area contributed by atoms with E-state index in [1.165, 1.54) is 19.2 Å². The Bertz CT molecular complexity index is 1090. The number of halogens is 1. The molecule has 0 unspecified atom stereocenters. The van der Waals surface area contributed by atoms with Crippen LogP contribution < -0.4 is 21.1 Å². The fourth-order valence-electron chi connectivity index (χ4n) is 4.00. The Hall–Kier alpha value is -3.34. The molecule has 1 fully saturated rings. The highest BCUT2D eigenvalue weighted by molar-refractivity contribution is 6.33.